The predicted octanol–water partition coefficient (Wildman–Crippen LogP) is 3.28. The number of sulfonamides is 1. The van der Waals surface area contributed by atoms with E-state index < -0.39 is 37.4 Å². The number of hydrogen-bond donors (Lipinski definition) is 1. The smallest absolute Gasteiger partial charge is 0.211 e. The van der Waals surface area contributed by atoms with Gasteiger partial charge in [-0.1, -0.05) is 41.9 Å². The Kier molecular flexibility index (Phi) is 5.10. The number of nitrogens with one attached hydrogen (secondary N) is 1. The van der Waals surface area contributed by atoms with Crippen LogP contribution in [0.2, 0.25) is 5.02 Å². The lowest BCUT2D eigenvalue weighted by molar-refractivity contribution is 0.494. The van der Waals surface area contributed by atoms with Crippen LogP contribution >= 0.6 is 11.6 Å². The van der Waals surface area contributed by atoms with Gasteiger partial charge in [0, 0.05) is 12.6 Å². The third kappa shape index (κ3) is 3.60. The molecule has 0 saturated heterocycles. The molecule has 0 aliphatic rings. The Balaban J connectivity index is 2.19. The van der Waals surface area contributed by atoms with Gasteiger partial charge in [0.2, 0.25) is 10.0 Å². The van der Waals surface area contributed by atoms with E-state index in [1.807, 2.05) is 0 Å². The second-order valence-corrected chi connectivity index (χ2v) is 6.51. The highest BCUT2D eigenvalue weighted by Gasteiger charge is 2.27. The van der Waals surface area contributed by atoms with Crippen LogP contribution in [0.15, 0.2) is 41.3 Å². The molecule has 3 nitrogen and oxygen atoms in total. The monoisotopic (exact) mass is 349 g/mol. The molecule has 0 saturated carbocycles. The van der Waals surface area contributed by atoms with Crippen molar-refractivity contribution in [3.05, 3.63) is 64.4 Å². The van der Waals surface area contributed by atoms with Crippen LogP contribution in [0.1, 0.15) is 5.56 Å². The standard InChI is InChI=1S/C14H11ClF3NO2S/c15-12-10(16)8-11(17)14(13(12)18)22(20,21)19-7-6-9-4-2-1-3-5-9/h1-5,8,19H,6-7H2. The Labute approximate surface area is 130 Å². The van der Waals surface area contributed by atoms with Crippen molar-refractivity contribution in [1.82, 2.24) is 4.72 Å². The van der Waals surface area contributed by atoms with Gasteiger partial charge in [-0.05, 0) is 12.0 Å². The van der Waals surface area contributed by atoms with E-state index in [0.29, 0.717) is 6.42 Å². The highest BCUT2D eigenvalue weighted by molar-refractivity contribution is 7.89. The molecular weight excluding hydrogens is 339 g/mol. The fraction of sp³-hybridized carbons (Fsp3) is 0.143. The summed E-state index contributed by atoms with van der Waals surface area (Å²) in [7, 11) is -4.48. The third-order valence-electron chi connectivity index (χ3n) is 2.89. The summed E-state index contributed by atoms with van der Waals surface area (Å²) in [6.07, 6.45) is 0.332. The van der Waals surface area contributed by atoms with Crippen LogP contribution in [0, 0.1) is 17.5 Å². The van der Waals surface area contributed by atoms with Crippen molar-refractivity contribution in [2.24, 2.45) is 0 Å². The fourth-order valence-corrected chi connectivity index (χ4v) is 3.22. The first-order chi connectivity index (χ1) is 10.3. The molecule has 0 spiro atoms. The molecule has 0 aromatic heterocycles. The highest BCUT2D eigenvalue weighted by Crippen LogP contribution is 2.27. The number of halogens is 4. The van der Waals surface area contributed by atoms with Gasteiger partial charge < -0.3 is 0 Å². The van der Waals surface area contributed by atoms with E-state index in [1.54, 1.807) is 30.3 Å². The van der Waals surface area contributed by atoms with Crippen LogP contribution in [0.4, 0.5) is 13.2 Å². The lowest BCUT2D eigenvalue weighted by Gasteiger charge is -2.10. The van der Waals surface area contributed by atoms with Crippen LogP contribution in [-0.4, -0.2) is 15.0 Å². The summed E-state index contributed by atoms with van der Waals surface area (Å²) in [6, 6.07) is 9.16. The molecule has 0 heterocycles. The summed E-state index contributed by atoms with van der Waals surface area (Å²) in [5.41, 5.74) is 0.850. The molecule has 0 amide bonds. The molecule has 0 aliphatic carbocycles. The first kappa shape index (κ1) is 16.8. The molecule has 2 rings (SSSR count). The van der Waals surface area contributed by atoms with Gasteiger partial charge in [0.25, 0.3) is 0 Å². The molecule has 118 valence electrons. The Hall–Kier alpha value is -1.57. The Morgan fingerprint density at radius 3 is 2.32 bits per heavy atom. The van der Waals surface area contributed by atoms with Gasteiger partial charge in [0.05, 0.1) is 0 Å². The van der Waals surface area contributed by atoms with Crippen LogP contribution in [0.3, 0.4) is 0 Å². The molecule has 22 heavy (non-hydrogen) atoms. The Bertz CT molecular complexity index is 782. The van der Waals surface area contributed by atoms with E-state index in [4.69, 9.17) is 11.6 Å². The summed E-state index contributed by atoms with van der Waals surface area (Å²) in [5, 5.41) is -1.06. The number of rotatable bonds is 5. The van der Waals surface area contributed by atoms with Crippen molar-refractivity contribution in [3.8, 4) is 0 Å². The maximum atomic E-state index is 13.7. The number of hydrogen-bond acceptors (Lipinski definition) is 2. The van der Waals surface area contributed by atoms with Crippen molar-refractivity contribution < 1.29 is 21.6 Å². The van der Waals surface area contributed by atoms with E-state index in [-0.39, 0.29) is 12.6 Å². The van der Waals surface area contributed by atoms with Crippen molar-refractivity contribution in [1.29, 1.82) is 0 Å². The molecule has 2 aromatic carbocycles. The van der Waals surface area contributed by atoms with Crippen LogP contribution in [0.25, 0.3) is 0 Å². The number of benzene rings is 2. The van der Waals surface area contributed by atoms with Gasteiger partial charge >= 0.3 is 0 Å². The topological polar surface area (TPSA) is 46.2 Å². The Morgan fingerprint density at radius 1 is 1.05 bits per heavy atom. The minimum Gasteiger partial charge on any atom is -0.211 e. The second kappa shape index (κ2) is 6.68. The molecule has 0 aliphatic heterocycles. The molecule has 0 radical (unpaired) electrons. The molecule has 2 aromatic rings. The largest absolute Gasteiger partial charge is 0.246 e. The molecule has 0 atom stereocenters. The maximum Gasteiger partial charge on any atom is 0.246 e. The zero-order chi connectivity index (χ0) is 16.3. The van der Waals surface area contributed by atoms with E-state index in [2.05, 4.69) is 4.72 Å². The molecular formula is C14H11ClF3NO2S. The van der Waals surface area contributed by atoms with Crippen LogP contribution < -0.4 is 4.72 Å². The van der Waals surface area contributed by atoms with E-state index in [9.17, 15) is 21.6 Å². The average Bonchev–Trinajstić information content (AvgIpc) is 2.45. The summed E-state index contributed by atoms with van der Waals surface area (Å²) >= 11 is 5.28. The summed E-state index contributed by atoms with van der Waals surface area (Å²) in [4.78, 5) is -1.29. The van der Waals surface area contributed by atoms with Gasteiger partial charge in [0.1, 0.15) is 16.7 Å². The lowest BCUT2D eigenvalue weighted by atomic mass is 10.2. The minimum absolute atomic E-state index is 0.0692. The molecule has 0 bridgehead atoms. The zero-order valence-corrected chi connectivity index (χ0v) is 12.7. The fourth-order valence-electron chi connectivity index (χ4n) is 1.84. The summed E-state index contributed by atoms with van der Waals surface area (Å²) in [6.45, 7) is -0.0692. The van der Waals surface area contributed by atoms with E-state index >= 15 is 0 Å². The summed E-state index contributed by atoms with van der Waals surface area (Å²) < 4.78 is 66.3. The molecule has 0 unspecified atom stereocenters. The average molecular weight is 350 g/mol. The van der Waals surface area contributed by atoms with E-state index in [1.165, 1.54) is 0 Å². The van der Waals surface area contributed by atoms with Gasteiger partial charge in [-0.2, -0.15) is 0 Å². The quantitative estimate of drug-likeness (QED) is 0.665. The van der Waals surface area contributed by atoms with Crippen molar-refractivity contribution in [2.45, 2.75) is 11.3 Å². The molecule has 1 N–H and O–H groups in total. The predicted molar refractivity (Wildman–Crippen MR) is 76.7 cm³/mol. The first-order valence-electron chi connectivity index (χ1n) is 6.19. The van der Waals surface area contributed by atoms with E-state index in [0.717, 1.165) is 5.56 Å². The lowest BCUT2D eigenvalue weighted by Crippen LogP contribution is -2.28. The highest BCUT2D eigenvalue weighted by atomic mass is 35.5. The van der Waals surface area contributed by atoms with Gasteiger partial charge in [0.15, 0.2) is 10.7 Å². The normalized spacial score (nSPS) is 11.6. The van der Waals surface area contributed by atoms with Gasteiger partial charge in [-0.3, -0.25) is 0 Å². The van der Waals surface area contributed by atoms with Crippen molar-refractivity contribution in [3.63, 3.8) is 0 Å². The third-order valence-corrected chi connectivity index (χ3v) is 4.73. The van der Waals surface area contributed by atoms with Crippen molar-refractivity contribution >= 4 is 21.6 Å². The second-order valence-electron chi connectivity index (χ2n) is 4.43. The van der Waals surface area contributed by atoms with Crippen LogP contribution in [0.5, 0.6) is 0 Å². The SMILES string of the molecule is O=S(=O)(NCCc1ccccc1)c1c(F)cc(F)c(Cl)c1F. The molecule has 8 heteroatoms. The Morgan fingerprint density at radius 2 is 1.68 bits per heavy atom. The van der Waals surface area contributed by atoms with Gasteiger partial charge in [-0.15, -0.1) is 0 Å². The van der Waals surface area contributed by atoms with Crippen molar-refractivity contribution in [2.75, 3.05) is 6.54 Å². The molecule has 0 fully saturated rings. The minimum atomic E-state index is -4.48. The van der Waals surface area contributed by atoms with Gasteiger partial charge in [-0.25, -0.2) is 26.3 Å². The van der Waals surface area contributed by atoms with Crippen LogP contribution in [-0.2, 0) is 16.4 Å². The summed E-state index contributed by atoms with van der Waals surface area (Å²) in [5.74, 6) is -4.54. The first-order valence-corrected chi connectivity index (χ1v) is 8.05. The zero-order valence-electron chi connectivity index (χ0n) is 11.1. The maximum absolute atomic E-state index is 13.7.